The minimum absolute atomic E-state index is 0.0816. The van der Waals surface area contributed by atoms with E-state index in [9.17, 15) is 14.9 Å². The maximum Gasteiger partial charge on any atom is 0.273 e. The molecule has 0 spiro atoms. The maximum absolute atomic E-state index is 12.4. The first-order valence-corrected chi connectivity index (χ1v) is 11.1. The van der Waals surface area contributed by atoms with Gasteiger partial charge in [0.2, 0.25) is 0 Å². The average molecular weight is 460 g/mol. The van der Waals surface area contributed by atoms with E-state index >= 15 is 0 Å². The molecule has 0 aliphatic rings. The lowest BCUT2D eigenvalue weighted by molar-refractivity contribution is -0.385. The topological polar surface area (TPSA) is 137 Å². The minimum Gasteiger partial charge on any atom is -0.383 e. The van der Waals surface area contributed by atoms with Crippen LogP contribution in [0.25, 0.3) is 11.0 Å². The number of hydrogen-bond donors (Lipinski definition) is 2. The number of anilines is 1. The molecule has 32 heavy (non-hydrogen) atoms. The van der Waals surface area contributed by atoms with Crippen molar-refractivity contribution in [2.75, 3.05) is 37.9 Å². The molecule has 0 aliphatic carbocycles. The van der Waals surface area contributed by atoms with E-state index in [2.05, 4.69) is 25.7 Å². The standard InChI is InChI=1S/C20H25N7O4S/c1-4-32-20-24-17(21-8-10-31-3)15-12-23-26(18(15)25-20)9-7-22-19(28)14-6-5-13(2)16(11-14)27(29)30/h5-6,11-12H,4,7-10H2,1-3H3,(H,22,28)(H,21,24,25). The van der Waals surface area contributed by atoms with Gasteiger partial charge in [0.05, 0.1) is 29.7 Å². The largest absolute Gasteiger partial charge is 0.383 e. The number of nitro benzene ring substituents is 1. The van der Waals surface area contributed by atoms with Crippen LogP contribution in [-0.4, -0.2) is 63.1 Å². The summed E-state index contributed by atoms with van der Waals surface area (Å²) in [7, 11) is 1.64. The second-order valence-corrected chi connectivity index (χ2v) is 8.06. The van der Waals surface area contributed by atoms with Crippen molar-refractivity contribution in [1.82, 2.24) is 25.1 Å². The van der Waals surface area contributed by atoms with Crippen LogP contribution >= 0.6 is 11.8 Å². The van der Waals surface area contributed by atoms with Crippen LogP contribution in [0.4, 0.5) is 11.5 Å². The number of nitrogens with one attached hydrogen (secondary N) is 2. The van der Waals surface area contributed by atoms with E-state index in [1.807, 2.05) is 6.92 Å². The Morgan fingerprint density at radius 1 is 1.31 bits per heavy atom. The highest BCUT2D eigenvalue weighted by atomic mass is 32.2. The third kappa shape index (κ3) is 5.51. The van der Waals surface area contributed by atoms with Gasteiger partial charge in [0.1, 0.15) is 5.82 Å². The van der Waals surface area contributed by atoms with Crippen molar-refractivity contribution < 1.29 is 14.5 Å². The van der Waals surface area contributed by atoms with Crippen LogP contribution in [0.1, 0.15) is 22.8 Å². The van der Waals surface area contributed by atoms with Gasteiger partial charge in [0.25, 0.3) is 11.6 Å². The lowest BCUT2D eigenvalue weighted by Gasteiger charge is -2.10. The highest BCUT2D eigenvalue weighted by Gasteiger charge is 2.16. The minimum atomic E-state index is -0.494. The van der Waals surface area contributed by atoms with E-state index in [0.29, 0.717) is 41.9 Å². The van der Waals surface area contributed by atoms with Gasteiger partial charge >= 0.3 is 0 Å². The Hall–Kier alpha value is -3.25. The Kier molecular flexibility index (Phi) is 7.95. The van der Waals surface area contributed by atoms with Gasteiger partial charge < -0.3 is 15.4 Å². The first-order valence-electron chi connectivity index (χ1n) is 10.1. The van der Waals surface area contributed by atoms with Gasteiger partial charge in [0.15, 0.2) is 10.8 Å². The summed E-state index contributed by atoms with van der Waals surface area (Å²) in [5.74, 6) is 1.13. The lowest BCUT2D eigenvalue weighted by atomic mass is 10.1. The summed E-state index contributed by atoms with van der Waals surface area (Å²) < 4.78 is 6.79. The number of carbonyl (C=O) groups excluding carboxylic acids is 1. The summed E-state index contributed by atoms with van der Waals surface area (Å²) in [5.41, 5.74) is 1.32. The Morgan fingerprint density at radius 2 is 2.12 bits per heavy atom. The molecule has 170 valence electrons. The predicted octanol–water partition coefficient (Wildman–Crippen LogP) is 2.64. The van der Waals surface area contributed by atoms with Crippen LogP contribution in [0.3, 0.4) is 0 Å². The fourth-order valence-corrected chi connectivity index (χ4v) is 3.59. The van der Waals surface area contributed by atoms with Crippen molar-refractivity contribution in [3.05, 3.63) is 45.6 Å². The summed E-state index contributed by atoms with van der Waals surface area (Å²) in [4.78, 5) is 32.2. The summed E-state index contributed by atoms with van der Waals surface area (Å²) in [6.45, 7) is 5.46. The Labute approximate surface area is 189 Å². The summed E-state index contributed by atoms with van der Waals surface area (Å²) in [5, 5.41) is 23.0. The van der Waals surface area contributed by atoms with E-state index in [4.69, 9.17) is 4.74 Å². The number of benzene rings is 1. The van der Waals surface area contributed by atoms with Gasteiger partial charge in [-0.2, -0.15) is 5.10 Å². The molecule has 0 radical (unpaired) electrons. The molecule has 3 aromatic rings. The van der Waals surface area contributed by atoms with E-state index in [-0.39, 0.29) is 23.7 Å². The van der Waals surface area contributed by atoms with Crippen molar-refractivity contribution in [3.63, 3.8) is 0 Å². The molecular weight excluding hydrogens is 434 g/mol. The van der Waals surface area contributed by atoms with Gasteiger partial charge in [0, 0.05) is 37.4 Å². The number of fused-ring (bicyclic) bond motifs is 1. The number of hydrogen-bond acceptors (Lipinski definition) is 9. The van der Waals surface area contributed by atoms with Crippen molar-refractivity contribution in [2.45, 2.75) is 25.5 Å². The van der Waals surface area contributed by atoms with E-state index < -0.39 is 4.92 Å². The normalized spacial score (nSPS) is 11.0. The van der Waals surface area contributed by atoms with Crippen LogP contribution in [0.2, 0.25) is 0 Å². The molecule has 3 rings (SSSR count). The molecule has 0 unspecified atom stereocenters. The van der Waals surface area contributed by atoms with Crippen LogP contribution in [0.15, 0.2) is 29.6 Å². The second-order valence-electron chi connectivity index (χ2n) is 6.83. The first-order chi connectivity index (χ1) is 15.4. The number of amides is 1. The molecule has 12 heteroatoms. The smallest absolute Gasteiger partial charge is 0.273 e. The number of nitrogens with zero attached hydrogens (tertiary/aromatic N) is 5. The number of carbonyl (C=O) groups is 1. The number of rotatable bonds is 11. The van der Waals surface area contributed by atoms with Gasteiger partial charge in [-0.3, -0.25) is 14.9 Å². The van der Waals surface area contributed by atoms with Gasteiger partial charge in [-0.05, 0) is 18.7 Å². The van der Waals surface area contributed by atoms with E-state index in [0.717, 1.165) is 11.1 Å². The van der Waals surface area contributed by atoms with Crippen molar-refractivity contribution in [2.24, 2.45) is 0 Å². The maximum atomic E-state index is 12.4. The SMILES string of the molecule is CCSc1nc(NCCOC)c2cnn(CCNC(=O)c3ccc(C)c([N+](=O)[O-])c3)c2n1. The Morgan fingerprint density at radius 3 is 2.84 bits per heavy atom. The van der Waals surface area contributed by atoms with Gasteiger partial charge in [-0.1, -0.05) is 24.8 Å². The van der Waals surface area contributed by atoms with Crippen LogP contribution in [0, 0.1) is 17.0 Å². The van der Waals surface area contributed by atoms with E-state index in [1.54, 1.807) is 37.0 Å². The molecular formula is C20H25N7O4S. The molecule has 0 aliphatic heterocycles. The first kappa shape index (κ1) is 23.4. The monoisotopic (exact) mass is 459 g/mol. The predicted molar refractivity (Wildman–Crippen MR) is 122 cm³/mol. The molecule has 0 fully saturated rings. The molecule has 0 saturated heterocycles. The Bertz CT molecular complexity index is 1120. The third-order valence-electron chi connectivity index (χ3n) is 4.62. The number of thioether (sulfide) groups is 1. The quantitative estimate of drug-likeness (QED) is 0.146. The number of nitro groups is 1. The van der Waals surface area contributed by atoms with Crippen LogP contribution < -0.4 is 10.6 Å². The highest BCUT2D eigenvalue weighted by molar-refractivity contribution is 7.99. The second kappa shape index (κ2) is 10.9. The van der Waals surface area contributed by atoms with Crippen molar-refractivity contribution in [3.8, 4) is 0 Å². The molecule has 0 bridgehead atoms. The molecule has 1 aromatic carbocycles. The number of aryl methyl sites for hydroxylation is 1. The summed E-state index contributed by atoms with van der Waals surface area (Å²) in [6.07, 6.45) is 1.69. The lowest BCUT2D eigenvalue weighted by Crippen LogP contribution is -2.27. The molecule has 11 nitrogen and oxygen atoms in total. The summed E-state index contributed by atoms with van der Waals surface area (Å²) in [6, 6.07) is 4.42. The number of ether oxygens (including phenoxy) is 1. The van der Waals surface area contributed by atoms with Crippen molar-refractivity contribution >= 4 is 40.2 Å². The van der Waals surface area contributed by atoms with Crippen molar-refractivity contribution in [1.29, 1.82) is 0 Å². The average Bonchev–Trinajstić information content (AvgIpc) is 3.17. The fourth-order valence-electron chi connectivity index (χ4n) is 3.02. The number of methoxy groups -OCH3 is 1. The summed E-state index contributed by atoms with van der Waals surface area (Å²) >= 11 is 1.53. The zero-order chi connectivity index (χ0) is 23.1. The highest BCUT2D eigenvalue weighted by Crippen LogP contribution is 2.24. The third-order valence-corrected chi connectivity index (χ3v) is 5.35. The number of aromatic nitrogens is 4. The molecule has 2 heterocycles. The molecule has 2 aromatic heterocycles. The Balaban J connectivity index is 1.72. The van der Waals surface area contributed by atoms with Gasteiger partial charge in [-0.25, -0.2) is 14.6 Å². The molecule has 0 atom stereocenters. The zero-order valence-electron chi connectivity index (χ0n) is 18.1. The van der Waals surface area contributed by atoms with E-state index in [1.165, 1.54) is 17.8 Å². The van der Waals surface area contributed by atoms with Crippen LogP contribution in [-0.2, 0) is 11.3 Å². The zero-order valence-corrected chi connectivity index (χ0v) is 18.9. The fraction of sp³-hybridized carbons (Fsp3) is 0.400. The molecule has 0 saturated carbocycles. The van der Waals surface area contributed by atoms with Crippen LogP contribution in [0.5, 0.6) is 0 Å². The van der Waals surface area contributed by atoms with Gasteiger partial charge in [-0.15, -0.1) is 0 Å². The molecule has 1 amide bonds. The molecule has 2 N–H and O–H groups in total.